The molecule has 6 heteroatoms. The van der Waals surface area contributed by atoms with Gasteiger partial charge in [0.15, 0.2) is 0 Å². The van der Waals surface area contributed by atoms with E-state index in [4.69, 9.17) is 9.47 Å². The maximum Gasteiger partial charge on any atom is 0.255 e. The number of methoxy groups -OCH3 is 2. The number of amides is 1. The predicted molar refractivity (Wildman–Crippen MR) is 107 cm³/mol. The lowest BCUT2D eigenvalue weighted by Crippen LogP contribution is -2.49. The Balaban J connectivity index is 1.70. The lowest BCUT2D eigenvalue weighted by molar-refractivity contribution is 0.0745. The number of carbonyl (C=O) groups is 1. The number of hydrogen-bond donors (Lipinski definition) is 0. The minimum absolute atomic E-state index is 0.105. The zero-order chi connectivity index (χ0) is 17.8. The lowest BCUT2D eigenvalue weighted by atomic mass is 10.1. The van der Waals surface area contributed by atoms with Crippen LogP contribution in [-0.4, -0.2) is 51.2 Å². The molecule has 1 aliphatic rings. The Bertz CT molecular complexity index is 736. The van der Waals surface area contributed by atoms with Crippen LogP contribution in [0.15, 0.2) is 42.5 Å². The number of rotatable bonds is 4. The lowest BCUT2D eigenvalue weighted by Gasteiger charge is -2.36. The molecule has 0 aromatic heterocycles. The first-order valence-electron chi connectivity index (χ1n) is 8.14. The number of nitrogens with zero attached hydrogens (tertiary/aromatic N) is 2. The monoisotopic (exact) mass is 452 g/mol. The van der Waals surface area contributed by atoms with Crippen LogP contribution < -0.4 is 14.4 Å². The molecule has 0 N–H and O–H groups in total. The maximum absolute atomic E-state index is 12.7. The number of anilines is 1. The molecule has 0 bridgehead atoms. The fraction of sp³-hybridized carbons (Fsp3) is 0.316. The minimum atomic E-state index is 0.105. The third-order valence-corrected chi connectivity index (χ3v) is 5.31. The Morgan fingerprint density at radius 2 is 1.56 bits per heavy atom. The summed E-state index contributed by atoms with van der Waals surface area (Å²) in [5, 5.41) is 0. The molecule has 5 nitrogen and oxygen atoms in total. The Morgan fingerprint density at radius 3 is 2.12 bits per heavy atom. The second-order valence-electron chi connectivity index (χ2n) is 5.83. The summed E-state index contributed by atoms with van der Waals surface area (Å²) < 4.78 is 11.7. The number of benzene rings is 2. The fourth-order valence-electron chi connectivity index (χ4n) is 2.95. The van der Waals surface area contributed by atoms with E-state index in [-0.39, 0.29) is 5.91 Å². The van der Waals surface area contributed by atoms with Gasteiger partial charge in [0.1, 0.15) is 11.5 Å². The van der Waals surface area contributed by atoms with Crippen molar-refractivity contribution in [2.75, 3.05) is 45.3 Å². The zero-order valence-electron chi connectivity index (χ0n) is 14.4. The van der Waals surface area contributed by atoms with Gasteiger partial charge in [-0.1, -0.05) is 12.1 Å². The van der Waals surface area contributed by atoms with Crippen molar-refractivity contribution in [1.29, 1.82) is 0 Å². The number of hydrogen-bond acceptors (Lipinski definition) is 4. The molecule has 1 amide bonds. The van der Waals surface area contributed by atoms with Crippen LogP contribution in [0.2, 0.25) is 0 Å². The van der Waals surface area contributed by atoms with E-state index in [1.807, 2.05) is 47.4 Å². The largest absolute Gasteiger partial charge is 0.497 e. The van der Waals surface area contributed by atoms with Gasteiger partial charge < -0.3 is 19.3 Å². The van der Waals surface area contributed by atoms with Crippen molar-refractivity contribution < 1.29 is 14.3 Å². The van der Waals surface area contributed by atoms with E-state index < -0.39 is 0 Å². The molecule has 0 unspecified atom stereocenters. The number of piperazine rings is 1. The highest BCUT2D eigenvalue weighted by atomic mass is 127. The molecule has 132 valence electrons. The van der Waals surface area contributed by atoms with Gasteiger partial charge in [0.05, 0.1) is 19.8 Å². The Kier molecular flexibility index (Phi) is 5.67. The molecule has 0 spiro atoms. The van der Waals surface area contributed by atoms with Crippen LogP contribution >= 0.6 is 22.6 Å². The summed E-state index contributed by atoms with van der Waals surface area (Å²) in [5.41, 5.74) is 1.83. The Hall–Kier alpha value is -1.96. The molecule has 1 fully saturated rings. The first kappa shape index (κ1) is 17.8. The van der Waals surface area contributed by atoms with E-state index in [2.05, 4.69) is 27.5 Å². The van der Waals surface area contributed by atoms with E-state index in [0.29, 0.717) is 13.1 Å². The van der Waals surface area contributed by atoms with Crippen molar-refractivity contribution in [3.63, 3.8) is 0 Å². The number of carbonyl (C=O) groups excluding carboxylic acids is 1. The molecule has 0 aliphatic carbocycles. The van der Waals surface area contributed by atoms with Crippen LogP contribution in [0.5, 0.6) is 11.5 Å². The van der Waals surface area contributed by atoms with Crippen molar-refractivity contribution in [1.82, 2.24) is 4.90 Å². The van der Waals surface area contributed by atoms with Crippen molar-refractivity contribution in [2.45, 2.75) is 0 Å². The van der Waals surface area contributed by atoms with Crippen LogP contribution in [0.4, 0.5) is 5.69 Å². The molecule has 0 atom stereocenters. The first-order chi connectivity index (χ1) is 12.1. The van der Waals surface area contributed by atoms with Crippen LogP contribution in [0.3, 0.4) is 0 Å². The van der Waals surface area contributed by atoms with Gasteiger partial charge in [0, 0.05) is 53.6 Å². The van der Waals surface area contributed by atoms with Gasteiger partial charge >= 0.3 is 0 Å². The van der Waals surface area contributed by atoms with E-state index in [9.17, 15) is 4.79 Å². The predicted octanol–water partition coefficient (Wildman–Crippen LogP) is 3.27. The van der Waals surface area contributed by atoms with Crippen LogP contribution in [-0.2, 0) is 0 Å². The topological polar surface area (TPSA) is 42.0 Å². The second-order valence-corrected chi connectivity index (χ2v) is 6.99. The Morgan fingerprint density at radius 1 is 0.960 bits per heavy atom. The van der Waals surface area contributed by atoms with Crippen molar-refractivity contribution in [2.24, 2.45) is 0 Å². The zero-order valence-corrected chi connectivity index (χ0v) is 16.5. The van der Waals surface area contributed by atoms with E-state index >= 15 is 0 Å². The fourth-order valence-corrected chi connectivity index (χ4v) is 3.57. The quantitative estimate of drug-likeness (QED) is 0.669. The Labute approximate surface area is 161 Å². The highest BCUT2D eigenvalue weighted by Gasteiger charge is 2.24. The van der Waals surface area contributed by atoms with Gasteiger partial charge in [-0.15, -0.1) is 0 Å². The SMILES string of the molecule is COc1cc(OC)cc(N2CCN(C(=O)c3ccccc3I)CC2)c1. The molecule has 2 aromatic carbocycles. The summed E-state index contributed by atoms with van der Waals surface area (Å²) in [7, 11) is 3.30. The molecular weight excluding hydrogens is 431 g/mol. The standard InChI is InChI=1S/C19H21IN2O3/c1-24-15-11-14(12-16(13-15)25-2)21-7-9-22(10-8-21)19(23)17-5-3-4-6-18(17)20/h3-6,11-13H,7-10H2,1-2H3. The van der Waals surface area contributed by atoms with Crippen molar-refractivity contribution in [3.05, 3.63) is 51.6 Å². The number of ether oxygens (including phenoxy) is 2. The molecule has 0 saturated carbocycles. The van der Waals surface area contributed by atoms with E-state index in [1.54, 1.807) is 14.2 Å². The molecule has 3 rings (SSSR count). The van der Waals surface area contributed by atoms with Crippen LogP contribution in [0.25, 0.3) is 0 Å². The second kappa shape index (κ2) is 7.95. The van der Waals surface area contributed by atoms with Crippen LogP contribution in [0, 0.1) is 3.57 Å². The molecule has 25 heavy (non-hydrogen) atoms. The smallest absolute Gasteiger partial charge is 0.255 e. The summed E-state index contributed by atoms with van der Waals surface area (Å²) in [4.78, 5) is 16.9. The molecule has 1 heterocycles. The highest BCUT2D eigenvalue weighted by Crippen LogP contribution is 2.29. The van der Waals surface area contributed by atoms with E-state index in [1.165, 1.54) is 0 Å². The summed E-state index contributed by atoms with van der Waals surface area (Å²) in [5.74, 6) is 1.64. The van der Waals surface area contributed by atoms with Gasteiger partial charge in [-0.3, -0.25) is 4.79 Å². The van der Waals surface area contributed by atoms with Gasteiger partial charge in [0.2, 0.25) is 0 Å². The third kappa shape index (κ3) is 4.00. The minimum Gasteiger partial charge on any atom is -0.497 e. The summed E-state index contributed by atoms with van der Waals surface area (Å²) >= 11 is 2.21. The van der Waals surface area contributed by atoms with Crippen molar-refractivity contribution in [3.8, 4) is 11.5 Å². The van der Waals surface area contributed by atoms with Gasteiger partial charge in [-0.05, 0) is 34.7 Å². The average Bonchev–Trinajstić information content (AvgIpc) is 2.67. The van der Waals surface area contributed by atoms with E-state index in [0.717, 1.165) is 39.4 Å². The molecule has 1 aliphatic heterocycles. The van der Waals surface area contributed by atoms with Gasteiger partial charge in [0.25, 0.3) is 5.91 Å². The third-order valence-electron chi connectivity index (χ3n) is 4.37. The molecule has 1 saturated heterocycles. The van der Waals surface area contributed by atoms with Gasteiger partial charge in [-0.2, -0.15) is 0 Å². The normalized spacial score (nSPS) is 14.4. The highest BCUT2D eigenvalue weighted by molar-refractivity contribution is 14.1. The average molecular weight is 452 g/mol. The molecular formula is C19H21IN2O3. The summed E-state index contributed by atoms with van der Waals surface area (Å²) in [6.07, 6.45) is 0. The van der Waals surface area contributed by atoms with Crippen molar-refractivity contribution >= 4 is 34.2 Å². The summed E-state index contributed by atoms with van der Waals surface area (Å²) in [6, 6.07) is 13.6. The van der Waals surface area contributed by atoms with Gasteiger partial charge in [-0.25, -0.2) is 0 Å². The molecule has 0 radical (unpaired) electrons. The van der Waals surface area contributed by atoms with Crippen LogP contribution in [0.1, 0.15) is 10.4 Å². The first-order valence-corrected chi connectivity index (χ1v) is 9.22. The number of halogens is 1. The summed E-state index contributed by atoms with van der Waals surface area (Å²) in [6.45, 7) is 2.96. The maximum atomic E-state index is 12.7. The molecule has 2 aromatic rings.